The highest BCUT2D eigenvalue weighted by atomic mass is 79.9. The van der Waals surface area contributed by atoms with Gasteiger partial charge >= 0.3 is 0 Å². The van der Waals surface area contributed by atoms with E-state index in [-0.39, 0.29) is 12.1 Å². The minimum atomic E-state index is 0.219. The second kappa shape index (κ2) is 7.05. The van der Waals surface area contributed by atoms with Gasteiger partial charge in [0.2, 0.25) is 0 Å². The van der Waals surface area contributed by atoms with E-state index >= 15 is 0 Å². The number of hydrogen-bond donors (Lipinski definition) is 1. The molecule has 2 rings (SSSR count). The molecule has 20 heavy (non-hydrogen) atoms. The molecule has 0 spiro atoms. The highest BCUT2D eigenvalue weighted by Gasteiger charge is 2.22. The summed E-state index contributed by atoms with van der Waals surface area (Å²) in [7, 11) is 2.12. The summed E-state index contributed by atoms with van der Waals surface area (Å²) in [5, 5.41) is 2.86. The smallest absolute Gasteiger partial charge is 0.0567 e. The second-order valence-corrected chi connectivity index (χ2v) is 7.11. The van der Waals surface area contributed by atoms with Crippen LogP contribution in [0.25, 0.3) is 0 Å². The van der Waals surface area contributed by atoms with Crippen molar-refractivity contribution in [1.82, 2.24) is 4.90 Å². The van der Waals surface area contributed by atoms with Gasteiger partial charge in [-0.25, -0.2) is 0 Å². The average Bonchev–Trinajstić information content (AvgIpc) is 2.86. The number of thiophene rings is 1. The average molecular weight is 374 g/mol. The van der Waals surface area contributed by atoms with Crippen LogP contribution in [0.4, 0.5) is 0 Å². The zero-order valence-corrected chi connectivity index (χ0v) is 14.7. The Morgan fingerprint density at radius 1 is 1.35 bits per heavy atom. The molecule has 0 amide bonds. The Morgan fingerprint density at radius 2 is 2.00 bits per heavy atom. The van der Waals surface area contributed by atoms with E-state index in [1.807, 2.05) is 12.1 Å². The number of benzene rings is 1. The first-order valence-corrected chi connectivity index (χ1v) is 8.49. The Balaban J connectivity index is 2.19. The summed E-state index contributed by atoms with van der Waals surface area (Å²) in [5.74, 6) is 0. The highest BCUT2D eigenvalue weighted by molar-refractivity contribution is 9.10. The maximum Gasteiger partial charge on any atom is 0.0567 e. The van der Waals surface area contributed by atoms with Crippen molar-refractivity contribution in [2.75, 3.05) is 13.6 Å². The molecule has 2 atom stereocenters. The van der Waals surface area contributed by atoms with Crippen LogP contribution in [0.5, 0.6) is 0 Å². The first-order chi connectivity index (χ1) is 9.52. The van der Waals surface area contributed by atoms with E-state index < -0.39 is 0 Å². The van der Waals surface area contributed by atoms with E-state index in [4.69, 9.17) is 17.3 Å². The summed E-state index contributed by atoms with van der Waals surface area (Å²) >= 11 is 11.2. The number of nitrogens with zero attached hydrogens (tertiary/aromatic N) is 1. The van der Waals surface area contributed by atoms with Gasteiger partial charge in [-0.3, -0.25) is 4.90 Å². The van der Waals surface area contributed by atoms with E-state index in [9.17, 15) is 0 Å². The van der Waals surface area contributed by atoms with Crippen molar-refractivity contribution in [3.63, 3.8) is 0 Å². The molecule has 1 heterocycles. The topological polar surface area (TPSA) is 29.3 Å². The molecular weight excluding hydrogens is 356 g/mol. The third-order valence-electron chi connectivity index (χ3n) is 3.59. The summed E-state index contributed by atoms with van der Waals surface area (Å²) in [4.78, 5) is 3.59. The van der Waals surface area contributed by atoms with Gasteiger partial charge in [0.25, 0.3) is 0 Å². The fraction of sp³-hybridized carbons (Fsp3) is 0.333. The summed E-state index contributed by atoms with van der Waals surface area (Å²) < 4.78 is 1.11. The Kier molecular flexibility index (Phi) is 5.64. The molecule has 1 aromatic carbocycles. The summed E-state index contributed by atoms with van der Waals surface area (Å²) in [6.07, 6.45) is 0. The Morgan fingerprint density at radius 3 is 2.50 bits per heavy atom. The largest absolute Gasteiger partial charge is 0.329 e. The fourth-order valence-corrected chi connectivity index (χ4v) is 3.97. The molecule has 5 heteroatoms. The Bertz CT molecular complexity index is 555. The van der Waals surface area contributed by atoms with Gasteiger partial charge in [-0.05, 0) is 53.7 Å². The van der Waals surface area contributed by atoms with Crippen molar-refractivity contribution < 1.29 is 0 Å². The monoisotopic (exact) mass is 372 g/mol. The summed E-state index contributed by atoms with van der Waals surface area (Å²) in [6.45, 7) is 2.79. The van der Waals surface area contributed by atoms with E-state index in [0.717, 1.165) is 9.50 Å². The van der Waals surface area contributed by atoms with Gasteiger partial charge < -0.3 is 5.73 Å². The van der Waals surface area contributed by atoms with Gasteiger partial charge in [-0.1, -0.05) is 23.7 Å². The molecule has 2 aromatic rings. The van der Waals surface area contributed by atoms with Gasteiger partial charge in [0.1, 0.15) is 0 Å². The van der Waals surface area contributed by atoms with Crippen LogP contribution in [0.3, 0.4) is 0 Å². The maximum atomic E-state index is 5.98. The first kappa shape index (κ1) is 16.0. The van der Waals surface area contributed by atoms with Gasteiger partial charge in [-0.2, -0.15) is 0 Å². The molecule has 1 aromatic heterocycles. The molecule has 0 radical (unpaired) electrons. The maximum absolute atomic E-state index is 5.98. The number of hydrogen-bond acceptors (Lipinski definition) is 3. The highest BCUT2D eigenvalue weighted by Crippen LogP contribution is 2.33. The molecule has 0 saturated heterocycles. The lowest BCUT2D eigenvalue weighted by atomic mass is 10.0. The molecule has 0 aliphatic carbocycles. The quantitative estimate of drug-likeness (QED) is 0.811. The van der Waals surface area contributed by atoms with E-state index in [1.54, 1.807) is 11.3 Å². The number of nitrogens with two attached hydrogens (primary N) is 1. The molecular formula is C15H18BrClN2S. The van der Waals surface area contributed by atoms with Crippen LogP contribution in [-0.2, 0) is 0 Å². The van der Waals surface area contributed by atoms with Crippen molar-refractivity contribution in [2.24, 2.45) is 5.73 Å². The first-order valence-electron chi connectivity index (χ1n) is 6.44. The summed E-state index contributed by atoms with van der Waals surface area (Å²) in [6, 6.07) is 10.6. The van der Waals surface area contributed by atoms with E-state index in [1.165, 1.54) is 10.4 Å². The van der Waals surface area contributed by atoms with Crippen LogP contribution in [0.15, 0.2) is 40.2 Å². The molecule has 0 aliphatic rings. The Labute approximate surface area is 137 Å². The van der Waals surface area contributed by atoms with Crippen LogP contribution < -0.4 is 5.73 Å². The number of rotatable bonds is 5. The van der Waals surface area contributed by atoms with Crippen molar-refractivity contribution in [3.8, 4) is 0 Å². The predicted molar refractivity (Wildman–Crippen MR) is 91.4 cm³/mol. The third-order valence-corrected chi connectivity index (χ3v) is 5.64. The summed E-state index contributed by atoms with van der Waals surface area (Å²) in [5.41, 5.74) is 7.23. The fourth-order valence-electron chi connectivity index (χ4n) is 2.23. The van der Waals surface area contributed by atoms with Crippen LogP contribution in [0, 0.1) is 0 Å². The molecule has 2 nitrogen and oxygen atoms in total. The van der Waals surface area contributed by atoms with Crippen LogP contribution in [-0.4, -0.2) is 18.5 Å². The van der Waals surface area contributed by atoms with E-state index in [0.29, 0.717) is 6.54 Å². The lowest BCUT2D eigenvalue weighted by Gasteiger charge is -2.32. The van der Waals surface area contributed by atoms with Crippen molar-refractivity contribution >= 4 is 38.9 Å². The SMILES string of the molecule is CC(c1ccc(Cl)cc1)N(C)C(CN)c1cc(Br)cs1. The van der Waals surface area contributed by atoms with Crippen LogP contribution >= 0.6 is 38.9 Å². The van der Waals surface area contributed by atoms with Crippen LogP contribution in [0.1, 0.15) is 29.4 Å². The molecule has 108 valence electrons. The lowest BCUT2D eigenvalue weighted by molar-refractivity contribution is 0.193. The van der Waals surface area contributed by atoms with E-state index in [2.05, 4.69) is 58.4 Å². The molecule has 0 saturated carbocycles. The van der Waals surface area contributed by atoms with Crippen molar-refractivity contribution in [3.05, 3.63) is 55.6 Å². The second-order valence-electron chi connectivity index (χ2n) is 4.81. The zero-order chi connectivity index (χ0) is 14.7. The predicted octanol–water partition coefficient (Wildman–Crippen LogP) is 4.86. The third kappa shape index (κ3) is 3.62. The molecule has 2 unspecified atom stereocenters. The van der Waals surface area contributed by atoms with Crippen molar-refractivity contribution in [1.29, 1.82) is 0 Å². The molecule has 0 bridgehead atoms. The minimum Gasteiger partial charge on any atom is -0.329 e. The number of likely N-dealkylation sites (N-methyl/N-ethyl adjacent to an activating group) is 1. The van der Waals surface area contributed by atoms with Gasteiger partial charge in [0.05, 0.1) is 6.04 Å². The van der Waals surface area contributed by atoms with Crippen LogP contribution in [0.2, 0.25) is 5.02 Å². The zero-order valence-electron chi connectivity index (χ0n) is 11.5. The minimum absolute atomic E-state index is 0.219. The Hall–Kier alpha value is -0.390. The number of halogens is 2. The molecule has 2 N–H and O–H groups in total. The normalized spacial score (nSPS) is 14.5. The van der Waals surface area contributed by atoms with Gasteiger partial charge in [-0.15, -0.1) is 11.3 Å². The van der Waals surface area contributed by atoms with Crippen molar-refractivity contribution in [2.45, 2.75) is 19.0 Å². The molecule has 0 aliphatic heterocycles. The van der Waals surface area contributed by atoms with Gasteiger partial charge in [0.15, 0.2) is 0 Å². The standard InChI is InChI=1S/C15H18BrClN2S/c1-10(11-3-5-13(17)6-4-11)19(2)14(8-18)15-7-12(16)9-20-15/h3-7,9-10,14H,8,18H2,1-2H3. The lowest BCUT2D eigenvalue weighted by Crippen LogP contribution is -2.32. The van der Waals surface area contributed by atoms with Gasteiger partial charge in [0, 0.05) is 32.3 Å². The molecule has 0 fully saturated rings.